The van der Waals surface area contributed by atoms with E-state index in [0.29, 0.717) is 13.1 Å². The van der Waals surface area contributed by atoms with Gasteiger partial charge in [-0.2, -0.15) is 0 Å². The summed E-state index contributed by atoms with van der Waals surface area (Å²) in [6.45, 7) is 3.22. The Morgan fingerprint density at radius 1 is 1.41 bits per heavy atom. The van der Waals surface area contributed by atoms with Crippen LogP contribution in [0.25, 0.3) is 0 Å². The van der Waals surface area contributed by atoms with Crippen molar-refractivity contribution >= 4 is 5.91 Å². The van der Waals surface area contributed by atoms with E-state index < -0.39 is 5.91 Å². The van der Waals surface area contributed by atoms with Crippen LogP contribution in [0.5, 0.6) is 0 Å². The van der Waals surface area contributed by atoms with Crippen molar-refractivity contribution in [2.45, 2.75) is 26.1 Å². The molecule has 118 valence electrons. The van der Waals surface area contributed by atoms with E-state index in [1.165, 1.54) is 10.2 Å². The molecular formula is C15H21N5O2. The molecule has 7 nitrogen and oxygen atoms in total. The van der Waals surface area contributed by atoms with Crippen LogP contribution in [0.1, 0.15) is 24.2 Å². The summed E-state index contributed by atoms with van der Waals surface area (Å²) >= 11 is 0. The average Bonchev–Trinajstić information content (AvgIpc) is 2.93. The Kier molecular flexibility index (Phi) is 5.62. The zero-order chi connectivity index (χ0) is 15.9. The molecule has 0 saturated carbocycles. The lowest BCUT2D eigenvalue weighted by Crippen LogP contribution is -2.29. The van der Waals surface area contributed by atoms with Gasteiger partial charge in [-0.1, -0.05) is 35.5 Å². The van der Waals surface area contributed by atoms with Crippen molar-refractivity contribution < 1.29 is 9.90 Å². The van der Waals surface area contributed by atoms with Gasteiger partial charge in [0.2, 0.25) is 5.91 Å². The highest BCUT2D eigenvalue weighted by Gasteiger charge is 2.17. The van der Waals surface area contributed by atoms with Crippen LogP contribution in [0.2, 0.25) is 0 Å². The van der Waals surface area contributed by atoms with Gasteiger partial charge in [-0.05, 0) is 12.5 Å². The van der Waals surface area contributed by atoms with Gasteiger partial charge in [-0.25, -0.2) is 4.68 Å². The lowest BCUT2D eigenvalue weighted by Gasteiger charge is -2.27. The SMILES string of the molecule is C[C@H](c1ccccc1)N(CCO)Cc1cn(CC(N)=O)nn1. The van der Waals surface area contributed by atoms with Gasteiger partial charge in [0.05, 0.1) is 18.5 Å². The zero-order valence-corrected chi connectivity index (χ0v) is 12.6. The highest BCUT2D eigenvalue weighted by atomic mass is 16.3. The molecule has 1 aromatic heterocycles. The number of hydrogen-bond acceptors (Lipinski definition) is 5. The largest absolute Gasteiger partial charge is 0.395 e. The van der Waals surface area contributed by atoms with Gasteiger partial charge in [0, 0.05) is 19.1 Å². The Morgan fingerprint density at radius 3 is 2.77 bits per heavy atom. The Balaban J connectivity index is 2.08. The standard InChI is InChI=1S/C15H21N5O2/c1-12(13-5-3-2-4-6-13)19(7-8-21)9-14-10-20(18-17-14)11-15(16)22/h2-6,10,12,21H,7-9,11H2,1H3,(H2,16,22)/t12-/m1/s1. The lowest BCUT2D eigenvalue weighted by molar-refractivity contribution is -0.118. The Bertz CT molecular complexity index is 599. The number of aliphatic hydroxyl groups excluding tert-OH is 1. The van der Waals surface area contributed by atoms with Crippen LogP contribution >= 0.6 is 0 Å². The highest BCUT2D eigenvalue weighted by molar-refractivity contribution is 5.73. The molecule has 0 fully saturated rings. The fourth-order valence-corrected chi connectivity index (χ4v) is 2.34. The van der Waals surface area contributed by atoms with E-state index in [9.17, 15) is 9.90 Å². The van der Waals surface area contributed by atoms with E-state index >= 15 is 0 Å². The molecule has 1 atom stereocenters. The Labute approximate surface area is 129 Å². The Morgan fingerprint density at radius 2 is 2.14 bits per heavy atom. The van der Waals surface area contributed by atoms with Gasteiger partial charge in [0.1, 0.15) is 6.54 Å². The molecule has 0 aliphatic rings. The number of carbonyl (C=O) groups excluding carboxylic acids is 1. The third-order valence-electron chi connectivity index (χ3n) is 3.49. The van der Waals surface area contributed by atoms with Crippen molar-refractivity contribution in [1.29, 1.82) is 0 Å². The summed E-state index contributed by atoms with van der Waals surface area (Å²) in [6, 6.07) is 10.2. The minimum Gasteiger partial charge on any atom is -0.395 e. The molecule has 0 aliphatic heterocycles. The number of aliphatic hydroxyl groups is 1. The Hall–Kier alpha value is -2.25. The summed E-state index contributed by atoms with van der Waals surface area (Å²) in [7, 11) is 0. The molecule has 2 aromatic rings. The predicted octanol–water partition coefficient (Wildman–Crippen LogP) is 0.319. The van der Waals surface area contributed by atoms with Gasteiger partial charge in [0.25, 0.3) is 0 Å². The van der Waals surface area contributed by atoms with E-state index in [0.717, 1.165) is 5.69 Å². The van der Waals surface area contributed by atoms with Gasteiger partial charge in [0.15, 0.2) is 0 Å². The molecule has 3 N–H and O–H groups in total. The van der Waals surface area contributed by atoms with E-state index in [1.54, 1.807) is 6.20 Å². The lowest BCUT2D eigenvalue weighted by atomic mass is 10.1. The van der Waals surface area contributed by atoms with Gasteiger partial charge >= 0.3 is 0 Å². The number of nitrogens with two attached hydrogens (primary N) is 1. The second-order valence-corrected chi connectivity index (χ2v) is 5.15. The van der Waals surface area contributed by atoms with Crippen molar-refractivity contribution in [3.8, 4) is 0 Å². The molecule has 7 heteroatoms. The number of nitrogens with zero attached hydrogens (tertiary/aromatic N) is 4. The maximum absolute atomic E-state index is 10.9. The molecule has 22 heavy (non-hydrogen) atoms. The van der Waals surface area contributed by atoms with Crippen LogP contribution in [-0.2, 0) is 17.9 Å². The van der Waals surface area contributed by atoms with Gasteiger partial charge in [-0.3, -0.25) is 9.69 Å². The monoisotopic (exact) mass is 303 g/mol. The first-order valence-electron chi connectivity index (χ1n) is 7.17. The van der Waals surface area contributed by atoms with Crippen molar-refractivity contribution in [2.24, 2.45) is 5.73 Å². The maximum Gasteiger partial charge on any atom is 0.239 e. The molecule has 2 rings (SSSR count). The van der Waals surface area contributed by atoms with E-state index in [1.807, 2.05) is 18.2 Å². The van der Waals surface area contributed by atoms with Gasteiger partial charge < -0.3 is 10.8 Å². The number of rotatable bonds is 8. The van der Waals surface area contributed by atoms with Crippen LogP contribution in [0.15, 0.2) is 36.5 Å². The van der Waals surface area contributed by atoms with Crippen LogP contribution in [0.4, 0.5) is 0 Å². The first kappa shape index (κ1) is 16.1. The van der Waals surface area contributed by atoms with Crippen molar-refractivity contribution in [1.82, 2.24) is 19.9 Å². The normalized spacial score (nSPS) is 12.5. The molecule has 0 aliphatic carbocycles. The summed E-state index contributed by atoms with van der Waals surface area (Å²) in [4.78, 5) is 13.0. The first-order chi connectivity index (χ1) is 10.6. The summed E-state index contributed by atoms with van der Waals surface area (Å²) in [5.74, 6) is -0.457. The zero-order valence-electron chi connectivity index (χ0n) is 12.6. The molecule has 0 saturated heterocycles. The molecule has 0 radical (unpaired) electrons. The average molecular weight is 303 g/mol. The van der Waals surface area contributed by atoms with Crippen LogP contribution in [0.3, 0.4) is 0 Å². The topological polar surface area (TPSA) is 97.3 Å². The quantitative estimate of drug-likeness (QED) is 0.732. The van der Waals surface area contributed by atoms with Crippen LogP contribution in [0, 0.1) is 0 Å². The highest BCUT2D eigenvalue weighted by Crippen LogP contribution is 2.21. The number of hydrogen-bond donors (Lipinski definition) is 2. The molecule has 0 spiro atoms. The third kappa shape index (κ3) is 4.37. The second-order valence-electron chi connectivity index (χ2n) is 5.15. The number of benzene rings is 1. The minimum atomic E-state index is -0.457. The summed E-state index contributed by atoms with van der Waals surface area (Å²) in [5.41, 5.74) is 7.04. The molecule has 1 heterocycles. The van der Waals surface area contributed by atoms with Crippen molar-refractivity contribution in [3.05, 3.63) is 47.8 Å². The van der Waals surface area contributed by atoms with Crippen molar-refractivity contribution in [3.63, 3.8) is 0 Å². The number of amides is 1. The first-order valence-corrected chi connectivity index (χ1v) is 7.17. The van der Waals surface area contributed by atoms with Crippen LogP contribution in [-0.4, -0.2) is 44.1 Å². The van der Waals surface area contributed by atoms with Gasteiger partial charge in [-0.15, -0.1) is 5.10 Å². The van der Waals surface area contributed by atoms with E-state index in [-0.39, 0.29) is 19.2 Å². The summed E-state index contributed by atoms with van der Waals surface area (Å²) in [6.07, 6.45) is 1.70. The minimum absolute atomic E-state index is 0.0151. The molecule has 1 aromatic carbocycles. The second kappa shape index (κ2) is 7.67. The number of carbonyl (C=O) groups is 1. The summed E-state index contributed by atoms with van der Waals surface area (Å²) < 4.78 is 1.42. The fourth-order valence-electron chi connectivity index (χ4n) is 2.34. The van der Waals surface area contributed by atoms with Crippen LogP contribution < -0.4 is 5.73 Å². The molecule has 1 amide bonds. The fraction of sp³-hybridized carbons (Fsp3) is 0.400. The van der Waals surface area contributed by atoms with Crippen molar-refractivity contribution in [2.75, 3.05) is 13.2 Å². The predicted molar refractivity (Wildman–Crippen MR) is 81.6 cm³/mol. The molecule has 0 unspecified atom stereocenters. The number of aromatic nitrogens is 3. The molecule has 0 bridgehead atoms. The summed E-state index contributed by atoms with van der Waals surface area (Å²) in [5, 5.41) is 17.2. The van der Waals surface area contributed by atoms with E-state index in [4.69, 9.17) is 5.73 Å². The molecular weight excluding hydrogens is 282 g/mol. The third-order valence-corrected chi connectivity index (χ3v) is 3.49. The maximum atomic E-state index is 10.9. The van der Waals surface area contributed by atoms with E-state index in [2.05, 4.69) is 34.3 Å². The number of primary amides is 1. The smallest absolute Gasteiger partial charge is 0.239 e.